The summed E-state index contributed by atoms with van der Waals surface area (Å²) < 4.78 is 10.5. The van der Waals surface area contributed by atoms with Gasteiger partial charge in [0, 0.05) is 16.8 Å². The lowest BCUT2D eigenvalue weighted by Crippen LogP contribution is -2.40. The molecule has 2 N–H and O–H groups in total. The zero-order chi connectivity index (χ0) is 19.3. The molecule has 0 saturated carbocycles. The average molecular weight is 356 g/mol. The first kappa shape index (κ1) is 19.3. The zero-order valence-electron chi connectivity index (χ0n) is 15.7. The maximum absolute atomic E-state index is 12.7. The molecule has 0 aromatic heterocycles. The van der Waals surface area contributed by atoms with Crippen LogP contribution in [0.15, 0.2) is 42.5 Å². The molecule has 2 aromatic carbocycles. The Kier molecular flexibility index (Phi) is 5.87. The number of ether oxygens (including phenoxy) is 2. The molecule has 0 fully saturated rings. The van der Waals surface area contributed by atoms with Crippen molar-refractivity contribution < 1.29 is 19.1 Å². The Bertz CT molecular complexity index is 787. The van der Waals surface area contributed by atoms with Crippen LogP contribution in [0.1, 0.15) is 41.5 Å². The molecule has 0 saturated heterocycles. The SMILES string of the molecule is COc1cccc(OC)c1C(=O)Nc1cccc(C(=O)NC(C)(C)C)c1. The van der Waals surface area contributed by atoms with Crippen LogP contribution in [0.2, 0.25) is 0 Å². The van der Waals surface area contributed by atoms with Gasteiger partial charge in [0.15, 0.2) is 0 Å². The number of hydrogen-bond donors (Lipinski definition) is 2. The summed E-state index contributed by atoms with van der Waals surface area (Å²) in [6.07, 6.45) is 0. The molecule has 0 unspecified atom stereocenters. The van der Waals surface area contributed by atoms with Gasteiger partial charge in [0.1, 0.15) is 17.1 Å². The van der Waals surface area contributed by atoms with E-state index in [9.17, 15) is 9.59 Å². The smallest absolute Gasteiger partial charge is 0.263 e. The van der Waals surface area contributed by atoms with Crippen molar-refractivity contribution in [3.05, 3.63) is 53.6 Å². The van der Waals surface area contributed by atoms with Crippen LogP contribution in [-0.2, 0) is 0 Å². The number of hydrogen-bond acceptors (Lipinski definition) is 4. The van der Waals surface area contributed by atoms with E-state index in [2.05, 4.69) is 10.6 Å². The van der Waals surface area contributed by atoms with Crippen LogP contribution in [0.4, 0.5) is 5.69 Å². The number of carbonyl (C=O) groups is 2. The van der Waals surface area contributed by atoms with Gasteiger partial charge in [-0.15, -0.1) is 0 Å². The van der Waals surface area contributed by atoms with Crippen molar-refractivity contribution in [1.29, 1.82) is 0 Å². The summed E-state index contributed by atoms with van der Waals surface area (Å²) >= 11 is 0. The van der Waals surface area contributed by atoms with Crippen LogP contribution < -0.4 is 20.1 Å². The summed E-state index contributed by atoms with van der Waals surface area (Å²) in [5.74, 6) is 0.225. The largest absolute Gasteiger partial charge is 0.496 e. The summed E-state index contributed by atoms with van der Waals surface area (Å²) in [5.41, 5.74) is 0.914. The molecule has 2 aromatic rings. The molecular weight excluding hydrogens is 332 g/mol. The van der Waals surface area contributed by atoms with Crippen molar-refractivity contribution in [2.24, 2.45) is 0 Å². The monoisotopic (exact) mass is 356 g/mol. The fourth-order valence-corrected chi connectivity index (χ4v) is 2.42. The van der Waals surface area contributed by atoms with Gasteiger partial charge in [-0.2, -0.15) is 0 Å². The van der Waals surface area contributed by atoms with Gasteiger partial charge in [-0.05, 0) is 51.1 Å². The fourth-order valence-electron chi connectivity index (χ4n) is 2.42. The van der Waals surface area contributed by atoms with Gasteiger partial charge < -0.3 is 20.1 Å². The highest BCUT2D eigenvalue weighted by molar-refractivity contribution is 6.08. The molecule has 0 aliphatic heterocycles. The van der Waals surface area contributed by atoms with E-state index in [-0.39, 0.29) is 17.4 Å². The second kappa shape index (κ2) is 7.91. The Hall–Kier alpha value is -3.02. The molecule has 2 amide bonds. The van der Waals surface area contributed by atoms with E-state index >= 15 is 0 Å². The lowest BCUT2D eigenvalue weighted by atomic mass is 10.1. The minimum absolute atomic E-state index is 0.205. The molecule has 0 atom stereocenters. The van der Waals surface area contributed by atoms with Crippen molar-refractivity contribution in [3.8, 4) is 11.5 Å². The summed E-state index contributed by atoms with van der Waals surface area (Å²) in [7, 11) is 2.98. The minimum atomic E-state index is -0.382. The summed E-state index contributed by atoms with van der Waals surface area (Å²) in [4.78, 5) is 25.0. The number of methoxy groups -OCH3 is 2. The van der Waals surface area contributed by atoms with Crippen molar-refractivity contribution in [1.82, 2.24) is 5.32 Å². The van der Waals surface area contributed by atoms with Crippen molar-refractivity contribution in [2.45, 2.75) is 26.3 Å². The Morgan fingerprint density at radius 1 is 0.885 bits per heavy atom. The standard InChI is InChI=1S/C20H24N2O4/c1-20(2,3)22-18(23)13-8-6-9-14(12-13)21-19(24)17-15(25-4)10-7-11-16(17)26-5/h6-12H,1-5H3,(H,21,24)(H,22,23). The van der Waals surface area contributed by atoms with Crippen LogP contribution in [0.3, 0.4) is 0 Å². The number of rotatable bonds is 5. The second-order valence-electron chi connectivity index (χ2n) is 6.78. The molecule has 26 heavy (non-hydrogen) atoms. The van der Waals surface area contributed by atoms with Gasteiger partial charge in [-0.25, -0.2) is 0 Å². The number of nitrogens with one attached hydrogen (secondary N) is 2. The highest BCUT2D eigenvalue weighted by Gasteiger charge is 2.19. The molecule has 0 aliphatic carbocycles. The molecule has 0 radical (unpaired) electrons. The number of carbonyl (C=O) groups excluding carboxylic acids is 2. The third kappa shape index (κ3) is 4.75. The quantitative estimate of drug-likeness (QED) is 0.860. The fraction of sp³-hybridized carbons (Fsp3) is 0.300. The molecule has 0 bridgehead atoms. The predicted octanol–water partition coefficient (Wildman–Crippen LogP) is 3.48. The van der Waals surface area contributed by atoms with Crippen LogP contribution in [0.25, 0.3) is 0 Å². The normalized spacial score (nSPS) is 10.8. The molecular formula is C20H24N2O4. The van der Waals surface area contributed by atoms with Gasteiger partial charge in [0.2, 0.25) is 0 Å². The van der Waals surface area contributed by atoms with E-state index in [1.54, 1.807) is 42.5 Å². The van der Waals surface area contributed by atoms with E-state index in [0.29, 0.717) is 28.3 Å². The van der Waals surface area contributed by atoms with E-state index in [1.807, 2.05) is 20.8 Å². The number of anilines is 1. The summed E-state index contributed by atoms with van der Waals surface area (Å²) in [6.45, 7) is 5.72. The van der Waals surface area contributed by atoms with Crippen LogP contribution in [0.5, 0.6) is 11.5 Å². The lowest BCUT2D eigenvalue weighted by Gasteiger charge is -2.20. The van der Waals surface area contributed by atoms with Crippen LogP contribution in [0, 0.1) is 0 Å². The predicted molar refractivity (Wildman–Crippen MR) is 101 cm³/mol. The first-order valence-electron chi connectivity index (χ1n) is 8.20. The van der Waals surface area contributed by atoms with Crippen LogP contribution >= 0.6 is 0 Å². The molecule has 6 nitrogen and oxygen atoms in total. The molecule has 0 heterocycles. The summed E-state index contributed by atoms with van der Waals surface area (Å²) in [6, 6.07) is 11.9. The lowest BCUT2D eigenvalue weighted by molar-refractivity contribution is 0.0918. The van der Waals surface area contributed by atoms with Crippen molar-refractivity contribution in [3.63, 3.8) is 0 Å². The number of benzene rings is 2. The van der Waals surface area contributed by atoms with Gasteiger partial charge in [-0.1, -0.05) is 12.1 Å². The third-order valence-corrected chi connectivity index (χ3v) is 3.53. The average Bonchev–Trinajstić information content (AvgIpc) is 2.59. The summed E-state index contributed by atoms with van der Waals surface area (Å²) in [5, 5.41) is 5.68. The first-order chi connectivity index (χ1) is 12.2. The molecule has 0 spiro atoms. The van der Waals surface area contributed by atoms with Crippen LogP contribution in [-0.4, -0.2) is 31.6 Å². The highest BCUT2D eigenvalue weighted by Crippen LogP contribution is 2.29. The Morgan fingerprint density at radius 2 is 1.46 bits per heavy atom. The third-order valence-electron chi connectivity index (χ3n) is 3.53. The molecule has 2 rings (SSSR count). The van der Waals surface area contributed by atoms with Crippen molar-refractivity contribution >= 4 is 17.5 Å². The maximum atomic E-state index is 12.7. The van der Waals surface area contributed by atoms with Crippen molar-refractivity contribution in [2.75, 3.05) is 19.5 Å². The highest BCUT2D eigenvalue weighted by atomic mass is 16.5. The van der Waals surface area contributed by atoms with Gasteiger partial charge >= 0.3 is 0 Å². The van der Waals surface area contributed by atoms with Gasteiger partial charge in [0.05, 0.1) is 14.2 Å². The second-order valence-corrected chi connectivity index (χ2v) is 6.78. The van der Waals surface area contributed by atoms with E-state index in [0.717, 1.165) is 0 Å². The topological polar surface area (TPSA) is 76.7 Å². The molecule has 6 heteroatoms. The molecule has 138 valence electrons. The van der Waals surface area contributed by atoms with E-state index in [1.165, 1.54) is 14.2 Å². The minimum Gasteiger partial charge on any atom is -0.496 e. The Balaban J connectivity index is 2.26. The van der Waals surface area contributed by atoms with Gasteiger partial charge in [-0.3, -0.25) is 9.59 Å². The molecule has 0 aliphatic rings. The van der Waals surface area contributed by atoms with E-state index < -0.39 is 0 Å². The van der Waals surface area contributed by atoms with Gasteiger partial charge in [0.25, 0.3) is 11.8 Å². The first-order valence-corrected chi connectivity index (χ1v) is 8.20. The Morgan fingerprint density at radius 3 is 2.00 bits per heavy atom. The Labute approximate surface area is 153 Å². The zero-order valence-corrected chi connectivity index (χ0v) is 15.7. The number of amides is 2. The van der Waals surface area contributed by atoms with E-state index in [4.69, 9.17) is 9.47 Å². The maximum Gasteiger partial charge on any atom is 0.263 e.